The van der Waals surface area contributed by atoms with Crippen molar-refractivity contribution in [2.24, 2.45) is 0 Å². The second kappa shape index (κ2) is 6.56. The molecule has 1 N–H and O–H groups in total. The second-order valence-electron chi connectivity index (χ2n) is 4.04. The summed E-state index contributed by atoms with van der Waals surface area (Å²) in [5.74, 6) is 0.302. The van der Waals surface area contributed by atoms with Gasteiger partial charge in [0.1, 0.15) is 11.6 Å². The number of anilines is 2. The fourth-order valence-corrected chi connectivity index (χ4v) is 1.98. The van der Waals surface area contributed by atoms with Gasteiger partial charge in [-0.3, -0.25) is 0 Å². The highest BCUT2D eigenvalue weighted by molar-refractivity contribution is 6.33. The molecule has 1 aromatic heterocycles. The number of aryl methyl sites for hydroxylation is 2. The molecule has 0 saturated carbocycles. The number of nitrogens with one attached hydrogen (secondary N) is 1. The van der Waals surface area contributed by atoms with Crippen LogP contribution in [0.3, 0.4) is 0 Å². The Hall–Kier alpha value is -1.83. The van der Waals surface area contributed by atoms with Gasteiger partial charge in [0.25, 0.3) is 0 Å². The Morgan fingerprint density at radius 2 is 1.85 bits per heavy atom. The molecule has 0 bridgehead atoms. The van der Waals surface area contributed by atoms with Crippen LogP contribution in [0.15, 0.2) is 18.2 Å². The first-order valence-electron chi connectivity index (χ1n) is 5.48. The SMILES string of the molecule is C.Cc1ccc(Nc2nc(Cl)nc(Cl)c2C#N)cc1C. The van der Waals surface area contributed by atoms with Gasteiger partial charge in [-0.1, -0.05) is 25.1 Å². The fraction of sp³-hybridized carbons (Fsp3) is 0.214. The van der Waals surface area contributed by atoms with E-state index in [0.29, 0.717) is 5.82 Å². The first-order valence-corrected chi connectivity index (χ1v) is 6.24. The monoisotopic (exact) mass is 308 g/mol. The van der Waals surface area contributed by atoms with Crippen molar-refractivity contribution in [2.45, 2.75) is 21.3 Å². The molecule has 1 aromatic carbocycles. The van der Waals surface area contributed by atoms with Crippen molar-refractivity contribution in [3.63, 3.8) is 0 Å². The number of nitriles is 1. The van der Waals surface area contributed by atoms with E-state index >= 15 is 0 Å². The van der Waals surface area contributed by atoms with Gasteiger partial charge >= 0.3 is 0 Å². The van der Waals surface area contributed by atoms with E-state index in [2.05, 4.69) is 15.3 Å². The number of rotatable bonds is 2. The minimum Gasteiger partial charge on any atom is -0.339 e. The highest BCUT2D eigenvalue weighted by Gasteiger charge is 2.12. The molecular formula is C14H14Cl2N4. The summed E-state index contributed by atoms with van der Waals surface area (Å²) in [7, 11) is 0. The van der Waals surface area contributed by atoms with Gasteiger partial charge in [-0.2, -0.15) is 10.2 Å². The van der Waals surface area contributed by atoms with Crippen LogP contribution < -0.4 is 5.32 Å². The molecule has 0 aliphatic carbocycles. The normalized spacial score (nSPS) is 9.55. The van der Waals surface area contributed by atoms with Crippen LogP contribution >= 0.6 is 23.2 Å². The van der Waals surface area contributed by atoms with Crippen LogP contribution in [0.25, 0.3) is 0 Å². The third-order valence-electron chi connectivity index (χ3n) is 2.72. The number of halogens is 2. The molecule has 0 aliphatic heterocycles. The maximum atomic E-state index is 9.07. The van der Waals surface area contributed by atoms with E-state index < -0.39 is 0 Å². The highest BCUT2D eigenvalue weighted by Crippen LogP contribution is 2.25. The Labute approximate surface area is 128 Å². The average molecular weight is 309 g/mol. The quantitative estimate of drug-likeness (QED) is 0.648. The summed E-state index contributed by atoms with van der Waals surface area (Å²) < 4.78 is 0. The van der Waals surface area contributed by atoms with Gasteiger partial charge in [-0.05, 0) is 48.7 Å². The molecular weight excluding hydrogens is 295 g/mol. The molecule has 0 saturated heterocycles. The van der Waals surface area contributed by atoms with E-state index in [9.17, 15) is 0 Å². The maximum Gasteiger partial charge on any atom is 0.225 e. The molecule has 104 valence electrons. The minimum absolute atomic E-state index is 0. The van der Waals surface area contributed by atoms with E-state index in [1.807, 2.05) is 38.1 Å². The van der Waals surface area contributed by atoms with Crippen molar-refractivity contribution >= 4 is 34.7 Å². The van der Waals surface area contributed by atoms with E-state index in [1.165, 1.54) is 5.56 Å². The molecule has 20 heavy (non-hydrogen) atoms. The van der Waals surface area contributed by atoms with Crippen LogP contribution in [-0.2, 0) is 0 Å². The minimum atomic E-state index is -0.00432. The Bertz CT molecular complexity index is 678. The second-order valence-corrected chi connectivity index (χ2v) is 4.74. The molecule has 0 aliphatic rings. The molecule has 1 heterocycles. The van der Waals surface area contributed by atoms with Crippen LogP contribution in [0.4, 0.5) is 11.5 Å². The number of hydrogen-bond donors (Lipinski definition) is 1. The summed E-state index contributed by atoms with van der Waals surface area (Å²) in [5.41, 5.74) is 3.30. The van der Waals surface area contributed by atoms with Gasteiger partial charge in [0.05, 0.1) is 0 Å². The van der Waals surface area contributed by atoms with E-state index in [4.69, 9.17) is 28.5 Å². The summed E-state index contributed by atoms with van der Waals surface area (Å²) in [6, 6.07) is 7.79. The summed E-state index contributed by atoms with van der Waals surface area (Å²) in [6.07, 6.45) is 0. The van der Waals surface area contributed by atoms with Gasteiger partial charge in [0.15, 0.2) is 11.0 Å². The lowest BCUT2D eigenvalue weighted by molar-refractivity contribution is 1.15. The molecule has 4 nitrogen and oxygen atoms in total. The summed E-state index contributed by atoms with van der Waals surface area (Å²) in [5, 5.41) is 12.1. The van der Waals surface area contributed by atoms with Crippen molar-refractivity contribution in [3.8, 4) is 6.07 Å². The van der Waals surface area contributed by atoms with Crippen LogP contribution in [0, 0.1) is 25.2 Å². The Balaban J connectivity index is 0.00000200. The van der Waals surface area contributed by atoms with Crippen LogP contribution in [0.5, 0.6) is 0 Å². The summed E-state index contributed by atoms with van der Waals surface area (Å²) in [6.45, 7) is 4.03. The van der Waals surface area contributed by atoms with E-state index in [0.717, 1.165) is 11.3 Å². The van der Waals surface area contributed by atoms with Crippen molar-refractivity contribution in [3.05, 3.63) is 45.3 Å². The van der Waals surface area contributed by atoms with Gasteiger partial charge in [0.2, 0.25) is 5.28 Å². The van der Waals surface area contributed by atoms with Crippen LogP contribution in [0.2, 0.25) is 10.4 Å². The van der Waals surface area contributed by atoms with Crippen LogP contribution in [0.1, 0.15) is 24.1 Å². The molecule has 0 unspecified atom stereocenters. The molecule has 6 heteroatoms. The molecule has 2 aromatic rings. The summed E-state index contributed by atoms with van der Waals surface area (Å²) >= 11 is 11.6. The third-order valence-corrected chi connectivity index (χ3v) is 3.16. The maximum absolute atomic E-state index is 9.07. The van der Waals surface area contributed by atoms with Crippen molar-refractivity contribution in [2.75, 3.05) is 5.32 Å². The predicted octanol–water partition coefficient (Wildman–Crippen LogP) is 4.65. The van der Waals surface area contributed by atoms with Gasteiger partial charge in [-0.25, -0.2) is 4.98 Å². The number of nitrogens with zero attached hydrogens (tertiary/aromatic N) is 3. The molecule has 0 atom stereocenters. The summed E-state index contributed by atoms with van der Waals surface area (Å²) in [4.78, 5) is 7.72. The Morgan fingerprint density at radius 3 is 2.45 bits per heavy atom. The zero-order chi connectivity index (χ0) is 14.0. The highest BCUT2D eigenvalue weighted by atomic mass is 35.5. The number of hydrogen-bond acceptors (Lipinski definition) is 4. The lowest BCUT2D eigenvalue weighted by atomic mass is 10.1. The van der Waals surface area contributed by atoms with Gasteiger partial charge < -0.3 is 5.32 Å². The molecule has 0 spiro atoms. The van der Waals surface area contributed by atoms with Crippen molar-refractivity contribution < 1.29 is 0 Å². The first-order chi connectivity index (χ1) is 9.01. The number of benzene rings is 1. The van der Waals surface area contributed by atoms with Crippen LogP contribution in [-0.4, -0.2) is 9.97 Å². The average Bonchev–Trinajstić information content (AvgIpc) is 2.33. The number of aromatic nitrogens is 2. The zero-order valence-corrected chi connectivity index (χ0v) is 11.8. The van der Waals surface area contributed by atoms with Crippen molar-refractivity contribution in [1.29, 1.82) is 5.26 Å². The van der Waals surface area contributed by atoms with Crippen molar-refractivity contribution in [1.82, 2.24) is 9.97 Å². The molecule has 0 fully saturated rings. The van der Waals surface area contributed by atoms with E-state index in [-0.39, 0.29) is 23.4 Å². The lowest BCUT2D eigenvalue weighted by Gasteiger charge is -2.10. The molecule has 2 rings (SSSR count). The predicted molar refractivity (Wildman–Crippen MR) is 82.7 cm³/mol. The topological polar surface area (TPSA) is 61.6 Å². The van der Waals surface area contributed by atoms with Gasteiger partial charge in [0, 0.05) is 5.69 Å². The molecule has 0 amide bonds. The smallest absolute Gasteiger partial charge is 0.225 e. The third kappa shape index (κ3) is 3.38. The largest absolute Gasteiger partial charge is 0.339 e. The lowest BCUT2D eigenvalue weighted by Crippen LogP contribution is -2.00. The standard InChI is InChI=1S/C13H10Cl2N4.CH4/c1-7-3-4-9(5-8(7)2)17-12-10(6-16)11(14)18-13(15)19-12;/h3-5H,1-2H3,(H,17,18,19);1H4. The van der Waals surface area contributed by atoms with Gasteiger partial charge in [-0.15, -0.1) is 0 Å². The fourth-order valence-electron chi connectivity index (χ4n) is 1.55. The molecule has 0 radical (unpaired) electrons. The first kappa shape index (κ1) is 16.2. The Kier molecular flexibility index (Phi) is 5.32. The zero-order valence-electron chi connectivity index (χ0n) is 10.3. The van der Waals surface area contributed by atoms with E-state index in [1.54, 1.807) is 0 Å². The Morgan fingerprint density at radius 1 is 1.15 bits per heavy atom.